The van der Waals surface area contributed by atoms with E-state index in [9.17, 15) is 5.11 Å². The minimum Gasteiger partial charge on any atom is -0.392 e. The minimum absolute atomic E-state index is 0.0399. The van der Waals surface area contributed by atoms with Gasteiger partial charge in [-0.25, -0.2) is 0 Å². The van der Waals surface area contributed by atoms with Crippen molar-refractivity contribution in [1.82, 2.24) is 0 Å². The Morgan fingerprint density at radius 1 is 1.05 bits per heavy atom. The van der Waals surface area contributed by atoms with Crippen LogP contribution in [0.5, 0.6) is 0 Å². The molecular weight excluding hydrogens is 232 g/mol. The normalized spacial score (nSPS) is 19.8. The highest BCUT2D eigenvalue weighted by molar-refractivity contribution is 5.28. The minimum atomic E-state index is -0.170. The summed E-state index contributed by atoms with van der Waals surface area (Å²) in [4.78, 5) is 0. The molecule has 2 rings (SSSR count). The molecule has 0 heterocycles. The molecule has 0 amide bonds. The number of benzene rings is 1. The van der Waals surface area contributed by atoms with Crippen LogP contribution in [0.15, 0.2) is 30.3 Å². The van der Waals surface area contributed by atoms with E-state index in [0.717, 1.165) is 31.6 Å². The molecule has 1 N–H and O–H groups in total. The quantitative estimate of drug-likeness (QED) is 0.787. The second-order valence-corrected chi connectivity index (χ2v) is 6.57. The Bertz CT molecular complexity index is 363. The van der Waals surface area contributed by atoms with E-state index >= 15 is 0 Å². The monoisotopic (exact) mass is 260 g/mol. The molecule has 0 bridgehead atoms. The van der Waals surface area contributed by atoms with Crippen LogP contribution >= 0.6 is 0 Å². The third kappa shape index (κ3) is 3.39. The lowest BCUT2D eigenvalue weighted by Crippen LogP contribution is -2.37. The van der Waals surface area contributed by atoms with Gasteiger partial charge in [0.25, 0.3) is 0 Å². The summed E-state index contributed by atoms with van der Waals surface area (Å²) in [7, 11) is 0. The number of rotatable bonds is 6. The van der Waals surface area contributed by atoms with E-state index in [0.29, 0.717) is 0 Å². The first-order chi connectivity index (χ1) is 9.15. The molecule has 1 fully saturated rings. The largest absolute Gasteiger partial charge is 0.392 e. The van der Waals surface area contributed by atoms with Gasteiger partial charge in [0.2, 0.25) is 0 Å². The van der Waals surface area contributed by atoms with Crippen molar-refractivity contribution in [2.24, 2.45) is 5.92 Å². The summed E-state index contributed by atoms with van der Waals surface area (Å²) in [6.07, 6.45) is 7.98. The third-order valence-corrected chi connectivity index (χ3v) is 4.74. The molecule has 19 heavy (non-hydrogen) atoms. The topological polar surface area (TPSA) is 20.2 Å². The van der Waals surface area contributed by atoms with Gasteiger partial charge in [-0.1, -0.05) is 69.9 Å². The van der Waals surface area contributed by atoms with Crippen LogP contribution in [0.3, 0.4) is 0 Å². The summed E-state index contributed by atoms with van der Waals surface area (Å²) in [6.45, 7) is 4.52. The van der Waals surface area contributed by atoms with Gasteiger partial charge in [0.1, 0.15) is 0 Å². The summed E-state index contributed by atoms with van der Waals surface area (Å²) in [5.41, 5.74) is 1.39. The van der Waals surface area contributed by atoms with Crippen LogP contribution in [-0.2, 0) is 5.41 Å². The lowest BCUT2D eigenvalue weighted by Gasteiger charge is -2.35. The highest BCUT2D eigenvalue weighted by atomic mass is 16.3. The second-order valence-electron chi connectivity index (χ2n) is 6.57. The van der Waals surface area contributed by atoms with Crippen LogP contribution in [-0.4, -0.2) is 11.2 Å². The Labute approximate surface area is 118 Å². The van der Waals surface area contributed by atoms with Gasteiger partial charge in [0.15, 0.2) is 0 Å². The van der Waals surface area contributed by atoms with E-state index in [1.165, 1.54) is 24.8 Å². The van der Waals surface area contributed by atoms with E-state index < -0.39 is 0 Å². The Morgan fingerprint density at radius 3 is 2.26 bits per heavy atom. The number of aliphatic hydroxyl groups excluding tert-OH is 1. The van der Waals surface area contributed by atoms with E-state index in [1.54, 1.807) is 0 Å². The van der Waals surface area contributed by atoms with Crippen LogP contribution in [0.1, 0.15) is 64.4 Å². The fourth-order valence-corrected chi connectivity index (χ4v) is 3.59. The molecule has 0 spiro atoms. The molecular formula is C18H28O. The zero-order chi connectivity index (χ0) is 13.7. The first-order valence-corrected chi connectivity index (χ1v) is 7.89. The fraction of sp³-hybridized carbons (Fsp3) is 0.667. The summed E-state index contributed by atoms with van der Waals surface area (Å²) in [5, 5.41) is 10.8. The molecule has 1 atom stereocenters. The van der Waals surface area contributed by atoms with E-state index in [2.05, 4.69) is 44.2 Å². The van der Waals surface area contributed by atoms with Crippen molar-refractivity contribution in [2.75, 3.05) is 0 Å². The van der Waals surface area contributed by atoms with Crippen LogP contribution in [0.4, 0.5) is 0 Å². The van der Waals surface area contributed by atoms with Gasteiger partial charge in [-0.3, -0.25) is 0 Å². The van der Waals surface area contributed by atoms with Crippen molar-refractivity contribution in [3.05, 3.63) is 35.9 Å². The van der Waals surface area contributed by atoms with Crippen LogP contribution in [0.25, 0.3) is 0 Å². The molecule has 0 saturated heterocycles. The standard InChI is InChI=1S/C18H28O/c1-15(2)9-8-12-17(19)18(13-6-7-14-18)16-10-4-3-5-11-16/h3-5,10-11,15,17,19H,6-9,12-14H2,1-2H3. The van der Waals surface area contributed by atoms with E-state index in [1.807, 2.05) is 0 Å². The number of hydrogen-bond acceptors (Lipinski definition) is 1. The highest BCUT2D eigenvalue weighted by Gasteiger charge is 2.41. The van der Waals surface area contributed by atoms with Gasteiger partial charge in [-0.15, -0.1) is 0 Å². The lowest BCUT2D eigenvalue weighted by atomic mass is 9.72. The molecule has 1 aromatic carbocycles. The van der Waals surface area contributed by atoms with Crippen molar-refractivity contribution in [1.29, 1.82) is 0 Å². The highest BCUT2D eigenvalue weighted by Crippen LogP contribution is 2.45. The van der Waals surface area contributed by atoms with Crippen molar-refractivity contribution in [3.8, 4) is 0 Å². The molecule has 0 aromatic heterocycles. The molecule has 1 aliphatic carbocycles. The number of aliphatic hydroxyl groups is 1. The average molecular weight is 260 g/mol. The maximum absolute atomic E-state index is 10.8. The van der Waals surface area contributed by atoms with E-state index in [4.69, 9.17) is 0 Å². The average Bonchev–Trinajstić information content (AvgIpc) is 2.90. The summed E-state index contributed by atoms with van der Waals surface area (Å²) in [5.74, 6) is 0.739. The molecule has 0 radical (unpaired) electrons. The summed E-state index contributed by atoms with van der Waals surface area (Å²) >= 11 is 0. The summed E-state index contributed by atoms with van der Waals surface area (Å²) in [6, 6.07) is 10.7. The molecule has 1 aromatic rings. The molecule has 1 saturated carbocycles. The molecule has 1 aliphatic rings. The second kappa shape index (κ2) is 6.56. The Balaban J connectivity index is 2.07. The van der Waals surface area contributed by atoms with Crippen molar-refractivity contribution >= 4 is 0 Å². The molecule has 106 valence electrons. The van der Waals surface area contributed by atoms with Crippen LogP contribution in [0, 0.1) is 5.92 Å². The van der Waals surface area contributed by atoms with Crippen LogP contribution in [0.2, 0.25) is 0 Å². The maximum Gasteiger partial charge on any atom is 0.0636 e. The molecule has 1 heteroatoms. The van der Waals surface area contributed by atoms with Crippen LogP contribution < -0.4 is 0 Å². The van der Waals surface area contributed by atoms with Gasteiger partial charge in [0.05, 0.1) is 6.10 Å². The zero-order valence-corrected chi connectivity index (χ0v) is 12.4. The van der Waals surface area contributed by atoms with E-state index in [-0.39, 0.29) is 11.5 Å². The molecule has 1 nitrogen and oxygen atoms in total. The smallest absolute Gasteiger partial charge is 0.0636 e. The lowest BCUT2D eigenvalue weighted by molar-refractivity contribution is 0.0711. The predicted molar refractivity (Wildman–Crippen MR) is 81.3 cm³/mol. The Kier molecular flexibility index (Phi) is 5.04. The van der Waals surface area contributed by atoms with Crippen molar-refractivity contribution in [2.45, 2.75) is 70.3 Å². The third-order valence-electron chi connectivity index (χ3n) is 4.74. The predicted octanol–water partition coefficient (Wildman–Crippen LogP) is 4.69. The first kappa shape index (κ1) is 14.6. The molecule has 0 aliphatic heterocycles. The zero-order valence-electron chi connectivity index (χ0n) is 12.4. The summed E-state index contributed by atoms with van der Waals surface area (Å²) < 4.78 is 0. The first-order valence-electron chi connectivity index (χ1n) is 7.89. The maximum atomic E-state index is 10.8. The van der Waals surface area contributed by atoms with Gasteiger partial charge in [-0.2, -0.15) is 0 Å². The van der Waals surface area contributed by atoms with Gasteiger partial charge in [0, 0.05) is 5.41 Å². The molecule has 1 unspecified atom stereocenters. The van der Waals surface area contributed by atoms with Gasteiger partial charge < -0.3 is 5.11 Å². The number of hydrogen-bond donors (Lipinski definition) is 1. The SMILES string of the molecule is CC(C)CCCC(O)C1(c2ccccc2)CCCC1. The van der Waals surface area contributed by atoms with Crippen molar-refractivity contribution < 1.29 is 5.11 Å². The van der Waals surface area contributed by atoms with Gasteiger partial charge >= 0.3 is 0 Å². The van der Waals surface area contributed by atoms with Crippen molar-refractivity contribution in [3.63, 3.8) is 0 Å². The van der Waals surface area contributed by atoms with Gasteiger partial charge in [-0.05, 0) is 30.7 Å². The fourth-order valence-electron chi connectivity index (χ4n) is 3.59. The Morgan fingerprint density at radius 2 is 1.68 bits per heavy atom. The Hall–Kier alpha value is -0.820.